The van der Waals surface area contributed by atoms with E-state index in [-0.39, 0.29) is 0 Å². The van der Waals surface area contributed by atoms with Gasteiger partial charge in [0.2, 0.25) is 0 Å². The largest absolute Gasteiger partial charge is 0.624 e. The highest BCUT2D eigenvalue weighted by atomic mass is 32.2. The third-order valence-corrected chi connectivity index (χ3v) is 2.67. The second-order valence-electron chi connectivity index (χ2n) is 2.38. The second-order valence-corrected chi connectivity index (χ2v) is 3.41. The second kappa shape index (κ2) is 2.16. The van der Waals surface area contributed by atoms with Gasteiger partial charge in [-0.1, -0.05) is 6.08 Å². The molecular formula is C7H8NOS. The molecule has 2 heterocycles. The van der Waals surface area contributed by atoms with Crippen molar-refractivity contribution in [1.82, 2.24) is 0 Å². The lowest BCUT2D eigenvalue weighted by molar-refractivity contribution is -0.452. The molecule has 1 radical (unpaired) electrons. The Labute approximate surface area is 63.5 Å². The molecule has 0 saturated carbocycles. The lowest BCUT2D eigenvalue weighted by atomic mass is 10.1. The molecule has 0 aromatic heterocycles. The van der Waals surface area contributed by atoms with Gasteiger partial charge in [0.05, 0.1) is 4.91 Å². The predicted octanol–water partition coefficient (Wildman–Crippen LogP) is 1.22. The molecule has 0 saturated heterocycles. The highest BCUT2D eigenvalue weighted by Crippen LogP contribution is 2.30. The van der Waals surface area contributed by atoms with E-state index in [2.05, 4.69) is 11.5 Å². The Morgan fingerprint density at radius 3 is 3.40 bits per heavy atom. The minimum absolute atomic E-state index is 0.624. The van der Waals surface area contributed by atoms with Crippen molar-refractivity contribution >= 4 is 18.0 Å². The molecule has 2 aliphatic rings. The summed E-state index contributed by atoms with van der Waals surface area (Å²) in [6, 6.07) is 0. The van der Waals surface area contributed by atoms with Crippen LogP contribution in [0.1, 0.15) is 6.42 Å². The van der Waals surface area contributed by atoms with E-state index in [1.165, 1.54) is 22.2 Å². The summed E-state index contributed by atoms with van der Waals surface area (Å²) in [7, 11) is 0. The first-order valence-corrected chi connectivity index (χ1v) is 4.22. The first kappa shape index (κ1) is 6.04. The maximum Gasteiger partial charge on any atom is 0.187 e. The van der Waals surface area contributed by atoms with E-state index in [1.54, 1.807) is 6.21 Å². The average Bonchev–Trinajstić information content (AvgIpc) is 2.33. The van der Waals surface area contributed by atoms with Crippen LogP contribution in [0.3, 0.4) is 0 Å². The van der Waals surface area contributed by atoms with Crippen LogP contribution >= 0.6 is 11.8 Å². The molecule has 2 rings (SSSR count). The Balaban J connectivity index is 2.34. The molecule has 0 N–H and O–H groups in total. The monoisotopic (exact) mass is 154 g/mol. The molecule has 2 aliphatic heterocycles. The number of hydrogen-bond acceptors (Lipinski definition) is 1. The van der Waals surface area contributed by atoms with Crippen LogP contribution in [0, 0.1) is 5.21 Å². The van der Waals surface area contributed by atoms with Crippen molar-refractivity contribution in [3.63, 3.8) is 0 Å². The molecule has 0 aromatic rings. The zero-order chi connectivity index (χ0) is 6.97. The van der Waals surface area contributed by atoms with E-state index >= 15 is 0 Å². The summed E-state index contributed by atoms with van der Waals surface area (Å²) in [6.07, 6.45) is 4.72. The van der Waals surface area contributed by atoms with E-state index in [4.69, 9.17) is 0 Å². The van der Waals surface area contributed by atoms with Crippen LogP contribution < -0.4 is 0 Å². The Morgan fingerprint density at radius 2 is 2.50 bits per heavy atom. The van der Waals surface area contributed by atoms with Gasteiger partial charge < -0.3 is 5.21 Å². The molecule has 0 bridgehead atoms. The Kier molecular flexibility index (Phi) is 1.31. The minimum Gasteiger partial charge on any atom is -0.624 e. The topological polar surface area (TPSA) is 26.1 Å². The maximum atomic E-state index is 10.8. The van der Waals surface area contributed by atoms with Crippen LogP contribution in [0.4, 0.5) is 0 Å². The molecule has 2 nitrogen and oxygen atoms in total. The van der Waals surface area contributed by atoms with Crippen LogP contribution in [-0.2, 0) is 0 Å². The number of allylic oxidation sites excluding steroid dienone is 2. The Morgan fingerprint density at radius 1 is 1.60 bits per heavy atom. The summed E-state index contributed by atoms with van der Waals surface area (Å²) in [5.41, 5.74) is 1.34. The molecule has 0 spiro atoms. The van der Waals surface area contributed by atoms with Gasteiger partial charge in [0, 0.05) is 6.42 Å². The van der Waals surface area contributed by atoms with Crippen molar-refractivity contribution in [3.05, 3.63) is 27.2 Å². The third kappa shape index (κ3) is 0.865. The van der Waals surface area contributed by atoms with Crippen molar-refractivity contribution in [2.45, 2.75) is 6.42 Å². The fraction of sp³-hybridized carbons (Fsp3) is 0.286. The molecular weight excluding hydrogens is 146 g/mol. The normalized spacial score (nSPS) is 23.0. The van der Waals surface area contributed by atoms with Crippen molar-refractivity contribution < 1.29 is 4.74 Å². The molecule has 53 valence electrons. The lowest BCUT2D eigenvalue weighted by Crippen LogP contribution is -2.12. The lowest BCUT2D eigenvalue weighted by Gasteiger charge is -2.10. The number of thiol groups is 1. The standard InChI is InChI=1S/C7H8NOS/c9-8-3-1-6-2-4-10-7(6)5-8/h2,4-5,10H,1,3H2. The first-order valence-electron chi connectivity index (χ1n) is 3.25. The quantitative estimate of drug-likeness (QED) is 0.317. The van der Waals surface area contributed by atoms with E-state index in [9.17, 15) is 5.21 Å². The zero-order valence-electron chi connectivity index (χ0n) is 5.45. The van der Waals surface area contributed by atoms with Crippen LogP contribution in [0.2, 0.25) is 0 Å². The van der Waals surface area contributed by atoms with Gasteiger partial charge in [-0.05, 0) is 11.0 Å². The molecule has 0 fully saturated rings. The smallest absolute Gasteiger partial charge is 0.187 e. The van der Waals surface area contributed by atoms with Crippen molar-refractivity contribution in [3.8, 4) is 0 Å². The number of rotatable bonds is 0. The number of nitrogens with zero attached hydrogens (tertiary/aromatic N) is 1. The van der Waals surface area contributed by atoms with Gasteiger partial charge >= 0.3 is 0 Å². The molecule has 0 atom stereocenters. The van der Waals surface area contributed by atoms with E-state index in [0.717, 1.165) is 11.2 Å². The fourth-order valence-electron chi connectivity index (χ4n) is 1.14. The molecule has 10 heavy (non-hydrogen) atoms. The highest BCUT2D eigenvalue weighted by molar-refractivity contribution is 8.06. The molecule has 0 unspecified atom stereocenters. The molecule has 0 amide bonds. The summed E-state index contributed by atoms with van der Waals surface area (Å²) in [5, 5.41) is 12.9. The van der Waals surface area contributed by atoms with Gasteiger partial charge in [-0.25, -0.2) is 4.74 Å². The Hall–Kier alpha value is -0.700. The summed E-state index contributed by atoms with van der Waals surface area (Å²) < 4.78 is 1.01. The minimum atomic E-state index is 0.624. The van der Waals surface area contributed by atoms with Gasteiger partial charge in [0.25, 0.3) is 0 Å². The van der Waals surface area contributed by atoms with Crippen molar-refractivity contribution in [2.75, 3.05) is 6.54 Å². The van der Waals surface area contributed by atoms with E-state index in [0.29, 0.717) is 6.54 Å². The average molecular weight is 154 g/mol. The zero-order valence-corrected chi connectivity index (χ0v) is 6.34. The molecule has 0 aromatic carbocycles. The first-order chi connectivity index (χ1) is 4.86. The van der Waals surface area contributed by atoms with Crippen molar-refractivity contribution in [2.24, 2.45) is 0 Å². The Bertz CT molecular complexity index is 252. The van der Waals surface area contributed by atoms with Gasteiger partial charge in [0.15, 0.2) is 12.8 Å². The SMILES string of the molecule is [O-][N+]1=CC2=C(C=C[SH]2)CC1. The van der Waals surface area contributed by atoms with Crippen LogP contribution in [0.15, 0.2) is 22.0 Å². The number of hydrogen-bond donors (Lipinski definition) is 1. The van der Waals surface area contributed by atoms with Gasteiger partial charge in [-0.15, -0.1) is 0 Å². The van der Waals surface area contributed by atoms with Crippen molar-refractivity contribution in [1.29, 1.82) is 0 Å². The summed E-state index contributed by atoms with van der Waals surface area (Å²) in [4.78, 5) is 1.18. The summed E-state index contributed by atoms with van der Waals surface area (Å²) in [6.45, 7) is 0.624. The predicted molar refractivity (Wildman–Crippen MR) is 44.3 cm³/mol. The highest BCUT2D eigenvalue weighted by Gasteiger charge is 2.15. The fourth-order valence-corrected chi connectivity index (χ4v) is 2.10. The van der Waals surface area contributed by atoms with Crippen LogP contribution in [0.25, 0.3) is 0 Å². The third-order valence-electron chi connectivity index (χ3n) is 1.69. The maximum absolute atomic E-state index is 10.8. The van der Waals surface area contributed by atoms with Gasteiger partial charge in [-0.2, -0.15) is 11.8 Å². The summed E-state index contributed by atoms with van der Waals surface area (Å²) in [5.74, 6) is 0. The molecule has 3 heteroatoms. The van der Waals surface area contributed by atoms with Crippen LogP contribution in [0.5, 0.6) is 0 Å². The molecule has 0 aliphatic carbocycles. The van der Waals surface area contributed by atoms with E-state index in [1.807, 2.05) is 0 Å². The van der Waals surface area contributed by atoms with Gasteiger partial charge in [-0.3, -0.25) is 0 Å². The van der Waals surface area contributed by atoms with Gasteiger partial charge in [0.1, 0.15) is 0 Å². The number of hydroxylamine groups is 1. The van der Waals surface area contributed by atoms with E-state index < -0.39 is 0 Å². The van der Waals surface area contributed by atoms with Crippen LogP contribution in [-0.4, -0.2) is 17.5 Å². The summed E-state index contributed by atoms with van der Waals surface area (Å²) >= 11 is 1.18.